The van der Waals surface area contributed by atoms with Crippen molar-refractivity contribution in [3.05, 3.63) is 42.0 Å². The molecule has 0 spiro atoms. The van der Waals surface area contributed by atoms with E-state index in [1.807, 2.05) is 18.2 Å². The summed E-state index contributed by atoms with van der Waals surface area (Å²) in [5.41, 5.74) is 2.43. The van der Waals surface area contributed by atoms with Crippen molar-refractivity contribution in [1.29, 1.82) is 0 Å². The van der Waals surface area contributed by atoms with Gasteiger partial charge in [-0.3, -0.25) is 9.59 Å². The number of hydrogen-bond donors (Lipinski definition) is 2. The van der Waals surface area contributed by atoms with E-state index < -0.39 is 12.1 Å². The van der Waals surface area contributed by atoms with Gasteiger partial charge in [0.1, 0.15) is 17.5 Å². The molecule has 0 unspecified atom stereocenters. The molecule has 10 heteroatoms. The van der Waals surface area contributed by atoms with Crippen LogP contribution in [-0.2, 0) is 9.53 Å². The van der Waals surface area contributed by atoms with Crippen molar-refractivity contribution in [2.75, 3.05) is 52.4 Å². The van der Waals surface area contributed by atoms with E-state index in [1.54, 1.807) is 42.2 Å². The van der Waals surface area contributed by atoms with Crippen molar-refractivity contribution in [3.8, 4) is 22.6 Å². The van der Waals surface area contributed by atoms with Gasteiger partial charge in [-0.15, -0.1) is 0 Å². The predicted molar refractivity (Wildman–Crippen MR) is 128 cm³/mol. The number of ether oxygens (including phenoxy) is 3. The molecule has 0 radical (unpaired) electrons. The first-order chi connectivity index (χ1) is 17.0. The molecule has 4 amide bonds. The molecule has 2 saturated heterocycles. The van der Waals surface area contributed by atoms with Crippen molar-refractivity contribution in [2.24, 2.45) is 0 Å². The van der Waals surface area contributed by atoms with Crippen molar-refractivity contribution < 1.29 is 28.6 Å². The second-order valence-corrected chi connectivity index (χ2v) is 8.70. The Kier molecular flexibility index (Phi) is 6.21. The maximum absolute atomic E-state index is 13.6. The number of nitrogens with one attached hydrogen (secondary N) is 2. The maximum atomic E-state index is 13.6. The first-order valence-corrected chi connectivity index (χ1v) is 11.6. The molecule has 0 aliphatic carbocycles. The highest BCUT2D eigenvalue weighted by molar-refractivity contribution is 6.11. The molecule has 10 nitrogen and oxygen atoms in total. The summed E-state index contributed by atoms with van der Waals surface area (Å²) in [4.78, 5) is 42.7. The molecule has 2 fully saturated rings. The summed E-state index contributed by atoms with van der Waals surface area (Å²) in [5.74, 6) is 0.713. The van der Waals surface area contributed by atoms with Crippen LogP contribution in [-0.4, -0.2) is 86.8 Å². The molecular formula is C25H28N4O6. The summed E-state index contributed by atoms with van der Waals surface area (Å²) in [6, 6.07) is 9.33. The van der Waals surface area contributed by atoms with Crippen LogP contribution in [0.15, 0.2) is 36.4 Å². The lowest BCUT2D eigenvalue weighted by atomic mass is 10.00. The molecule has 0 bridgehead atoms. The van der Waals surface area contributed by atoms with Gasteiger partial charge in [-0.1, -0.05) is 6.07 Å². The Morgan fingerprint density at radius 1 is 1.03 bits per heavy atom. The highest BCUT2D eigenvalue weighted by Gasteiger charge is 2.45. The SMILES string of the molecule is COc1ccc(-c2ccc3c(c2)C(=O)N2CC[C@H](NC(=O)N4CCOCC4)[C@H]2C(=O)N3)c(OC)c1. The van der Waals surface area contributed by atoms with Crippen LogP contribution in [0.4, 0.5) is 10.5 Å². The van der Waals surface area contributed by atoms with Crippen LogP contribution in [0.3, 0.4) is 0 Å². The smallest absolute Gasteiger partial charge is 0.317 e. The number of nitrogens with zero attached hydrogens (tertiary/aromatic N) is 2. The topological polar surface area (TPSA) is 109 Å². The van der Waals surface area contributed by atoms with Crippen molar-refractivity contribution in [1.82, 2.24) is 15.1 Å². The zero-order chi connectivity index (χ0) is 24.5. The summed E-state index contributed by atoms with van der Waals surface area (Å²) in [6.07, 6.45) is 0.501. The highest BCUT2D eigenvalue weighted by atomic mass is 16.5. The molecular weight excluding hydrogens is 452 g/mol. The number of carbonyl (C=O) groups is 3. The Balaban J connectivity index is 1.41. The van der Waals surface area contributed by atoms with E-state index in [4.69, 9.17) is 14.2 Å². The van der Waals surface area contributed by atoms with Crippen LogP contribution >= 0.6 is 0 Å². The average Bonchev–Trinajstić information content (AvgIpc) is 3.28. The van der Waals surface area contributed by atoms with Gasteiger partial charge in [-0.05, 0) is 36.2 Å². The Hall–Kier alpha value is -3.79. The molecule has 0 saturated carbocycles. The minimum Gasteiger partial charge on any atom is -0.497 e. The number of benzene rings is 2. The fourth-order valence-corrected chi connectivity index (χ4v) is 4.91. The maximum Gasteiger partial charge on any atom is 0.317 e. The Bertz CT molecular complexity index is 1160. The summed E-state index contributed by atoms with van der Waals surface area (Å²) < 4.78 is 16.1. The van der Waals surface area contributed by atoms with Crippen molar-refractivity contribution in [2.45, 2.75) is 18.5 Å². The molecule has 2 N–H and O–H groups in total. The molecule has 2 atom stereocenters. The molecule has 3 aliphatic heterocycles. The van der Waals surface area contributed by atoms with E-state index >= 15 is 0 Å². The monoisotopic (exact) mass is 480 g/mol. The molecule has 5 rings (SSSR count). The lowest BCUT2D eigenvalue weighted by Gasteiger charge is -2.30. The fourth-order valence-electron chi connectivity index (χ4n) is 4.91. The minimum atomic E-state index is -0.779. The zero-order valence-corrected chi connectivity index (χ0v) is 19.7. The number of methoxy groups -OCH3 is 2. The third kappa shape index (κ3) is 4.25. The van der Waals surface area contributed by atoms with Gasteiger partial charge < -0.3 is 34.6 Å². The third-order valence-corrected chi connectivity index (χ3v) is 6.76. The van der Waals surface area contributed by atoms with Crippen LogP contribution < -0.4 is 20.1 Å². The van der Waals surface area contributed by atoms with Gasteiger partial charge >= 0.3 is 6.03 Å². The lowest BCUT2D eigenvalue weighted by Crippen LogP contribution is -2.55. The van der Waals surface area contributed by atoms with Crippen LogP contribution in [0.1, 0.15) is 16.8 Å². The second kappa shape index (κ2) is 9.46. The van der Waals surface area contributed by atoms with Crippen molar-refractivity contribution >= 4 is 23.5 Å². The van der Waals surface area contributed by atoms with E-state index in [2.05, 4.69) is 10.6 Å². The van der Waals surface area contributed by atoms with E-state index in [-0.39, 0.29) is 17.8 Å². The Morgan fingerprint density at radius 3 is 2.57 bits per heavy atom. The van der Waals surface area contributed by atoms with Gasteiger partial charge in [0.25, 0.3) is 5.91 Å². The standard InChI is InChI=1S/C25H28N4O6/c1-33-16-4-5-17(21(14-16)34-2)15-3-6-19-18(13-15)24(31)29-8-7-20(22(29)23(30)26-19)27-25(32)28-9-11-35-12-10-28/h3-6,13-14,20,22H,7-12H2,1-2H3,(H,26,30)(H,27,32)/t20-,22-/m0/s1. The van der Waals surface area contributed by atoms with E-state index in [1.165, 1.54) is 0 Å². The number of morpholine rings is 1. The average molecular weight is 481 g/mol. The van der Waals surface area contributed by atoms with Gasteiger partial charge in [-0.25, -0.2) is 4.79 Å². The number of anilines is 1. The number of rotatable bonds is 4. The quantitative estimate of drug-likeness (QED) is 0.692. The van der Waals surface area contributed by atoms with Gasteiger partial charge in [0.15, 0.2) is 0 Å². The van der Waals surface area contributed by atoms with Gasteiger partial charge in [-0.2, -0.15) is 0 Å². The molecule has 35 heavy (non-hydrogen) atoms. The number of fused-ring (bicyclic) bond motifs is 2. The molecule has 3 aliphatic rings. The van der Waals surface area contributed by atoms with E-state index in [0.717, 1.165) is 11.1 Å². The first kappa shape index (κ1) is 23.0. The van der Waals surface area contributed by atoms with Crippen LogP contribution in [0.2, 0.25) is 0 Å². The molecule has 3 heterocycles. The minimum absolute atomic E-state index is 0.240. The number of urea groups is 1. The summed E-state index contributed by atoms with van der Waals surface area (Å²) in [6.45, 7) is 2.36. The normalized spacial score (nSPS) is 21.5. The zero-order valence-electron chi connectivity index (χ0n) is 19.7. The number of carbonyl (C=O) groups excluding carboxylic acids is 3. The highest BCUT2D eigenvalue weighted by Crippen LogP contribution is 2.37. The molecule has 2 aromatic carbocycles. The molecule has 0 aromatic heterocycles. The van der Waals surface area contributed by atoms with Crippen molar-refractivity contribution in [3.63, 3.8) is 0 Å². The third-order valence-electron chi connectivity index (χ3n) is 6.76. The summed E-state index contributed by atoms with van der Waals surface area (Å²) in [5, 5.41) is 5.86. The molecule has 184 valence electrons. The lowest BCUT2D eigenvalue weighted by molar-refractivity contribution is -0.120. The van der Waals surface area contributed by atoms with Gasteiger partial charge in [0.05, 0.1) is 44.7 Å². The second-order valence-electron chi connectivity index (χ2n) is 8.70. The summed E-state index contributed by atoms with van der Waals surface area (Å²) >= 11 is 0. The molecule has 2 aromatic rings. The largest absolute Gasteiger partial charge is 0.497 e. The van der Waals surface area contributed by atoms with E-state index in [0.29, 0.717) is 62.0 Å². The summed E-state index contributed by atoms with van der Waals surface area (Å²) in [7, 11) is 3.16. The Morgan fingerprint density at radius 2 is 1.83 bits per heavy atom. The van der Waals surface area contributed by atoms with Crippen LogP contribution in [0, 0.1) is 0 Å². The number of hydrogen-bond acceptors (Lipinski definition) is 6. The number of amides is 4. The predicted octanol–water partition coefficient (Wildman–Crippen LogP) is 1.95. The van der Waals surface area contributed by atoms with Crippen LogP contribution in [0.5, 0.6) is 11.5 Å². The van der Waals surface area contributed by atoms with Crippen LogP contribution in [0.25, 0.3) is 11.1 Å². The Labute approximate surface area is 203 Å². The van der Waals surface area contributed by atoms with Gasteiger partial charge in [0.2, 0.25) is 5.91 Å². The van der Waals surface area contributed by atoms with E-state index in [9.17, 15) is 14.4 Å². The fraction of sp³-hybridized carbons (Fsp3) is 0.400. The van der Waals surface area contributed by atoms with Gasteiger partial charge in [0, 0.05) is 31.3 Å². The first-order valence-electron chi connectivity index (χ1n) is 11.6.